The van der Waals surface area contributed by atoms with Crippen molar-refractivity contribution in [2.24, 2.45) is 0 Å². The fraction of sp³-hybridized carbons (Fsp3) is 0. The fourth-order valence-electron chi connectivity index (χ4n) is 0. The van der Waals surface area contributed by atoms with Crippen molar-refractivity contribution >= 4 is 6.16 Å². The summed E-state index contributed by atoms with van der Waals surface area (Å²) in [7, 11) is 0. The molecule has 0 unspecified atom stereocenters. The average Bonchev–Trinajstić information content (AvgIpc) is 1.91. The third-order valence-corrected chi connectivity index (χ3v) is 0.167. The van der Waals surface area contributed by atoms with E-state index in [1.54, 1.807) is 12.2 Å². The molecule has 0 saturated carbocycles. The van der Waals surface area contributed by atoms with E-state index >= 15 is 0 Å². The fourth-order valence-corrected chi connectivity index (χ4v) is 0. The van der Waals surface area contributed by atoms with Crippen LogP contribution in [0.1, 0.15) is 0 Å². The summed E-state index contributed by atoms with van der Waals surface area (Å²) in [6.07, 6.45) is 1.44. The van der Waals surface area contributed by atoms with Crippen molar-refractivity contribution in [3.05, 3.63) is 38.5 Å². The van der Waals surface area contributed by atoms with Gasteiger partial charge in [-0.1, -0.05) is 25.3 Å². The Balaban J connectivity index is -0.0000000787. The Kier molecular flexibility index (Phi) is 40.9. The van der Waals surface area contributed by atoms with Gasteiger partial charge in [0.05, 0.1) is 0 Å². The number of rotatable bonds is 1. The van der Waals surface area contributed by atoms with Gasteiger partial charge in [-0.05, 0) is 0 Å². The lowest BCUT2D eigenvalue weighted by Gasteiger charge is -1.60. The van der Waals surface area contributed by atoms with Crippen LogP contribution in [0.5, 0.6) is 0 Å². The SMILES string of the molecule is C=C.C=CC=C.O=C(O)O. The largest absolute Gasteiger partial charge is 0.503 e. The van der Waals surface area contributed by atoms with E-state index in [4.69, 9.17) is 15.0 Å². The number of allylic oxidation sites excluding steroid dienone is 2. The van der Waals surface area contributed by atoms with Gasteiger partial charge < -0.3 is 10.2 Å². The Morgan fingerprint density at radius 1 is 1.10 bits per heavy atom. The summed E-state index contributed by atoms with van der Waals surface area (Å²) in [6.45, 7) is 12.7. The molecule has 3 nitrogen and oxygen atoms in total. The zero-order valence-corrected chi connectivity index (χ0v) is 5.79. The molecule has 2 N–H and O–H groups in total. The van der Waals surface area contributed by atoms with Crippen molar-refractivity contribution in [3.8, 4) is 0 Å². The van der Waals surface area contributed by atoms with E-state index in [0.29, 0.717) is 0 Å². The molecule has 0 bridgehead atoms. The summed E-state index contributed by atoms with van der Waals surface area (Å²) in [5.74, 6) is 0. The Labute approximate surface area is 60.6 Å². The predicted octanol–water partition coefficient (Wildman–Crippen LogP) is 2.38. The zero-order valence-electron chi connectivity index (χ0n) is 5.79. The van der Waals surface area contributed by atoms with Gasteiger partial charge in [0.25, 0.3) is 0 Å². The second-order valence-corrected chi connectivity index (χ2v) is 0.754. The molecule has 0 saturated heterocycles. The van der Waals surface area contributed by atoms with Gasteiger partial charge in [-0.25, -0.2) is 4.79 Å². The van der Waals surface area contributed by atoms with Gasteiger partial charge >= 0.3 is 6.16 Å². The monoisotopic (exact) mass is 144 g/mol. The van der Waals surface area contributed by atoms with Gasteiger partial charge in [-0.2, -0.15) is 0 Å². The normalized spacial score (nSPS) is 4.80. The van der Waals surface area contributed by atoms with Crippen LogP contribution < -0.4 is 0 Å². The minimum atomic E-state index is -1.83. The van der Waals surface area contributed by atoms with Crippen molar-refractivity contribution in [2.75, 3.05) is 0 Å². The summed E-state index contributed by atoms with van der Waals surface area (Å²) >= 11 is 0. The van der Waals surface area contributed by atoms with Crippen LogP contribution in [0.3, 0.4) is 0 Å². The number of hydrogen-bond donors (Lipinski definition) is 2. The van der Waals surface area contributed by atoms with Crippen LogP contribution in [0.2, 0.25) is 0 Å². The maximum Gasteiger partial charge on any atom is 0.503 e. The minimum absolute atomic E-state index is 1.64. The van der Waals surface area contributed by atoms with E-state index in [9.17, 15) is 0 Å². The first-order valence-corrected chi connectivity index (χ1v) is 2.30. The van der Waals surface area contributed by atoms with Crippen LogP contribution in [-0.4, -0.2) is 16.4 Å². The molecule has 0 aromatic heterocycles. The van der Waals surface area contributed by atoms with E-state index in [1.165, 1.54) is 0 Å². The van der Waals surface area contributed by atoms with Gasteiger partial charge in [0.1, 0.15) is 0 Å². The molecule has 0 aromatic rings. The summed E-state index contributed by atoms with van der Waals surface area (Å²) in [4.78, 5) is 8.56. The van der Waals surface area contributed by atoms with Crippen molar-refractivity contribution in [3.63, 3.8) is 0 Å². The molecular weight excluding hydrogens is 132 g/mol. The minimum Gasteiger partial charge on any atom is -0.450 e. The Morgan fingerprint density at radius 2 is 1.20 bits per heavy atom. The molecule has 3 heteroatoms. The lowest BCUT2D eigenvalue weighted by Crippen LogP contribution is -1.81. The van der Waals surface area contributed by atoms with Crippen LogP contribution in [0.15, 0.2) is 38.5 Å². The van der Waals surface area contributed by atoms with Crippen molar-refractivity contribution in [2.45, 2.75) is 0 Å². The van der Waals surface area contributed by atoms with Crippen molar-refractivity contribution in [1.82, 2.24) is 0 Å². The Morgan fingerprint density at radius 3 is 1.20 bits per heavy atom. The highest BCUT2D eigenvalue weighted by molar-refractivity contribution is 5.53. The van der Waals surface area contributed by atoms with E-state index < -0.39 is 6.16 Å². The van der Waals surface area contributed by atoms with E-state index in [0.717, 1.165) is 0 Å². The molecular formula is C7H12O3. The van der Waals surface area contributed by atoms with Gasteiger partial charge in [0.2, 0.25) is 0 Å². The van der Waals surface area contributed by atoms with E-state index in [2.05, 4.69) is 26.3 Å². The molecule has 0 spiro atoms. The second kappa shape index (κ2) is 25.9. The van der Waals surface area contributed by atoms with Crippen molar-refractivity contribution in [1.29, 1.82) is 0 Å². The second-order valence-electron chi connectivity index (χ2n) is 0.754. The number of carboxylic acid groups (broad SMARTS) is 2. The predicted molar refractivity (Wildman–Crippen MR) is 42.3 cm³/mol. The maximum atomic E-state index is 8.56. The summed E-state index contributed by atoms with van der Waals surface area (Å²) < 4.78 is 0. The smallest absolute Gasteiger partial charge is 0.450 e. The highest BCUT2D eigenvalue weighted by Crippen LogP contribution is 1.52. The molecule has 0 fully saturated rings. The first-order valence-electron chi connectivity index (χ1n) is 2.30. The quantitative estimate of drug-likeness (QED) is 0.438. The molecule has 0 amide bonds. The standard InChI is InChI=1S/C4H6.C2H4.CH2O3/c1-3-4-2;1-2;2-1(3)4/h3-4H,1-2H2;1-2H2;(H2,2,3,4). The van der Waals surface area contributed by atoms with Crippen LogP contribution in [0.25, 0.3) is 0 Å². The highest BCUT2D eigenvalue weighted by atomic mass is 16.6. The lowest BCUT2D eigenvalue weighted by atomic mass is 10.6. The first kappa shape index (κ1) is 15.8. The molecule has 0 aromatic carbocycles. The van der Waals surface area contributed by atoms with Crippen LogP contribution in [-0.2, 0) is 0 Å². The molecule has 0 radical (unpaired) electrons. The third kappa shape index (κ3) is 752. The van der Waals surface area contributed by atoms with Crippen LogP contribution >= 0.6 is 0 Å². The number of hydrogen-bond acceptors (Lipinski definition) is 1. The van der Waals surface area contributed by atoms with Gasteiger partial charge in [-0.3, -0.25) is 0 Å². The van der Waals surface area contributed by atoms with E-state index in [-0.39, 0.29) is 0 Å². The summed E-state index contributed by atoms with van der Waals surface area (Å²) in [5.41, 5.74) is 0. The van der Waals surface area contributed by atoms with Crippen LogP contribution in [0.4, 0.5) is 4.79 Å². The first-order chi connectivity index (χ1) is 4.65. The van der Waals surface area contributed by atoms with E-state index in [1.807, 2.05) is 0 Å². The molecule has 0 aliphatic heterocycles. The Bertz CT molecular complexity index is 87.0. The van der Waals surface area contributed by atoms with Gasteiger partial charge in [0.15, 0.2) is 0 Å². The number of carbonyl (C=O) groups is 1. The zero-order chi connectivity index (χ0) is 8.99. The summed E-state index contributed by atoms with van der Waals surface area (Å²) in [6, 6.07) is 0. The van der Waals surface area contributed by atoms with Crippen molar-refractivity contribution < 1.29 is 15.0 Å². The molecule has 0 heterocycles. The topological polar surface area (TPSA) is 57.5 Å². The third-order valence-electron chi connectivity index (χ3n) is 0.167. The molecule has 0 rings (SSSR count). The molecule has 0 aliphatic carbocycles. The van der Waals surface area contributed by atoms with Gasteiger partial charge in [0, 0.05) is 0 Å². The maximum absolute atomic E-state index is 8.56. The lowest BCUT2D eigenvalue weighted by molar-refractivity contribution is 0.137. The Hall–Kier alpha value is -1.51. The molecule has 0 aliphatic rings. The molecule has 0 atom stereocenters. The highest BCUT2D eigenvalue weighted by Gasteiger charge is 1.70. The average molecular weight is 144 g/mol. The summed E-state index contributed by atoms with van der Waals surface area (Å²) in [5, 5.41) is 13.9. The van der Waals surface area contributed by atoms with Crippen LogP contribution in [0, 0.1) is 0 Å². The van der Waals surface area contributed by atoms with Gasteiger partial charge in [-0.15, -0.1) is 13.2 Å². The molecule has 58 valence electrons. The molecule has 10 heavy (non-hydrogen) atoms.